The zero-order chi connectivity index (χ0) is 14.1. The Hall–Kier alpha value is -0.323. The molecule has 3 atom stereocenters. The molecule has 1 rings (SSSR count). The molecule has 18 heavy (non-hydrogen) atoms. The van der Waals surface area contributed by atoms with Crippen LogP contribution in [0.25, 0.3) is 0 Å². The minimum absolute atomic E-state index is 0.139. The summed E-state index contributed by atoms with van der Waals surface area (Å²) < 4.78 is 11.3. The van der Waals surface area contributed by atoms with Gasteiger partial charge in [-0.05, 0) is 18.1 Å². The van der Waals surface area contributed by atoms with Crippen LogP contribution in [0, 0.1) is 5.92 Å². The summed E-state index contributed by atoms with van der Waals surface area (Å²) in [5.41, 5.74) is 0. The largest absolute Gasteiger partial charge is 0.458 e. The molecule has 0 amide bonds. The van der Waals surface area contributed by atoms with Crippen molar-refractivity contribution in [1.82, 2.24) is 0 Å². The molecular weight excluding hydrogens is 268 g/mol. The van der Waals surface area contributed by atoms with E-state index < -0.39 is 13.7 Å². The summed E-state index contributed by atoms with van der Waals surface area (Å²) in [7, 11) is -1.83. The number of rotatable bonds is 4. The summed E-state index contributed by atoms with van der Waals surface area (Å²) in [6.45, 7) is 15.0. The maximum Gasteiger partial charge on any atom is 0.325 e. The molecule has 0 saturated carbocycles. The number of carbonyl (C=O) groups is 1. The second-order valence-corrected chi connectivity index (χ2v) is 11.5. The van der Waals surface area contributed by atoms with Crippen LogP contribution in [0.3, 0.4) is 0 Å². The summed E-state index contributed by atoms with van der Waals surface area (Å²) in [6, 6.07) is 0. The van der Waals surface area contributed by atoms with E-state index in [1.165, 1.54) is 0 Å². The second kappa shape index (κ2) is 5.35. The molecule has 0 aromatic heterocycles. The van der Waals surface area contributed by atoms with Crippen LogP contribution in [0.4, 0.5) is 0 Å². The molecule has 0 spiro atoms. The highest BCUT2D eigenvalue weighted by atomic mass is 35.5. The first-order valence-corrected chi connectivity index (χ1v) is 9.55. The third-order valence-corrected chi connectivity index (χ3v) is 8.92. The van der Waals surface area contributed by atoms with Crippen LogP contribution in [-0.2, 0) is 14.0 Å². The van der Waals surface area contributed by atoms with Crippen molar-refractivity contribution in [3.63, 3.8) is 0 Å². The van der Waals surface area contributed by atoms with E-state index in [1.807, 2.05) is 0 Å². The molecule has 0 N–H and O–H groups in total. The van der Waals surface area contributed by atoms with E-state index in [2.05, 4.69) is 40.4 Å². The Balaban J connectivity index is 2.64. The minimum atomic E-state index is -1.83. The van der Waals surface area contributed by atoms with Crippen LogP contribution in [0.5, 0.6) is 0 Å². The third kappa shape index (κ3) is 3.16. The van der Waals surface area contributed by atoms with Gasteiger partial charge in [-0.15, -0.1) is 18.2 Å². The highest BCUT2D eigenvalue weighted by Crippen LogP contribution is 2.37. The maximum atomic E-state index is 11.4. The number of ether oxygens (including phenoxy) is 1. The molecule has 0 bridgehead atoms. The maximum absolute atomic E-state index is 11.4. The number of halogens is 1. The summed E-state index contributed by atoms with van der Waals surface area (Å²) in [6.07, 6.45) is 1.38. The predicted octanol–water partition coefficient (Wildman–Crippen LogP) is 3.34. The van der Waals surface area contributed by atoms with Gasteiger partial charge in [0.1, 0.15) is 11.5 Å². The Bertz CT molecular complexity index is 336. The minimum Gasteiger partial charge on any atom is -0.458 e. The fraction of sp³-hybridized carbons (Fsp3) is 0.769. The van der Waals surface area contributed by atoms with Crippen molar-refractivity contribution in [2.24, 2.45) is 5.92 Å². The fourth-order valence-electron chi connectivity index (χ4n) is 1.56. The average molecular weight is 291 g/mol. The Morgan fingerprint density at radius 3 is 2.50 bits per heavy atom. The monoisotopic (exact) mass is 290 g/mol. The lowest BCUT2D eigenvalue weighted by Crippen LogP contribution is -2.43. The predicted molar refractivity (Wildman–Crippen MR) is 76.4 cm³/mol. The lowest BCUT2D eigenvalue weighted by Gasteiger charge is -2.37. The number of alkyl halides is 1. The molecule has 0 aromatic carbocycles. The molecule has 5 heteroatoms. The van der Waals surface area contributed by atoms with Crippen molar-refractivity contribution in [3.05, 3.63) is 12.7 Å². The van der Waals surface area contributed by atoms with E-state index in [0.717, 1.165) is 0 Å². The summed E-state index contributed by atoms with van der Waals surface area (Å²) in [5, 5.41) is -0.491. The fourth-order valence-corrected chi connectivity index (χ4v) is 2.89. The van der Waals surface area contributed by atoms with Crippen molar-refractivity contribution in [2.75, 3.05) is 6.61 Å². The van der Waals surface area contributed by atoms with Crippen molar-refractivity contribution in [3.8, 4) is 0 Å². The standard InChI is InChI=1S/C13H23ClO3Si/c1-7-9-10(17-12(15)11(9)14)8-16-18(5,6)13(2,3)4/h7,9-11H,1,8H2,2-6H3/t9-,10+,11-/m0/s1. The quantitative estimate of drug-likeness (QED) is 0.345. The molecule has 0 aromatic rings. The average Bonchev–Trinajstić information content (AvgIpc) is 2.50. The van der Waals surface area contributed by atoms with Gasteiger partial charge in [-0.25, -0.2) is 0 Å². The Labute approximate surface area is 116 Å². The molecule has 1 saturated heterocycles. The van der Waals surface area contributed by atoms with Crippen LogP contribution in [0.15, 0.2) is 12.7 Å². The summed E-state index contributed by atoms with van der Waals surface area (Å²) in [5.74, 6) is -0.533. The third-order valence-electron chi connectivity index (χ3n) is 3.95. The molecule has 3 nitrogen and oxygen atoms in total. The van der Waals surface area contributed by atoms with Gasteiger partial charge in [0.2, 0.25) is 0 Å². The van der Waals surface area contributed by atoms with Gasteiger partial charge in [0.05, 0.1) is 6.61 Å². The number of carbonyl (C=O) groups excluding carboxylic acids is 1. The van der Waals surface area contributed by atoms with Gasteiger partial charge in [0.15, 0.2) is 8.32 Å². The smallest absolute Gasteiger partial charge is 0.325 e. The Morgan fingerprint density at radius 1 is 1.50 bits per heavy atom. The second-order valence-electron chi connectivity index (χ2n) is 6.26. The molecule has 0 aliphatic carbocycles. The van der Waals surface area contributed by atoms with Crippen molar-refractivity contribution < 1.29 is 14.0 Å². The summed E-state index contributed by atoms with van der Waals surface area (Å²) in [4.78, 5) is 11.4. The first-order valence-electron chi connectivity index (χ1n) is 6.21. The SMILES string of the molecule is C=C[C@@H]1[C@H](Cl)C(=O)O[C@@H]1CO[Si](C)(C)C(C)(C)C. The molecule has 104 valence electrons. The van der Waals surface area contributed by atoms with Gasteiger partial charge in [-0.2, -0.15) is 0 Å². The van der Waals surface area contributed by atoms with Gasteiger partial charge in [0, 0.05) is 5.92 Å². The molecular formula is C13H23ClO3Si. The Morgan fingerprint density at radius 2 is 2.06 bits per heavy atom. The Kier molecular flexibility index (Phi) is 4.68. The zero-order valence-corrected chi connectivity index (χ0v) is 13.6. The number of hydrogen-bond donors (Lipinski definition) is 0. The molecule has 1 aliphatic heterocycles. The van der Waals surface area contributed by atoms with E-state index >= 15 is 0 Å². The van der Waals surface area contributed by atoms with Gasteiger partial charge in [-0.3, -0.25) is 4.79 Å². The van der Waals surface area contributed by atoms with E-state index in [4.69, 9.17) is 20.8 Å². The molecule has 1 fully saturated rings. The highest BCUT2D eigenvalue weighted by molar-refractivity contribution is 6.74. The number of hydrogen-bond acceptors (Lipinski definition) is 3. The van der Waals surface area contributed by atoms with Crippen molar-refractivity contribution in [2.45, 2.75) is 50.4 Å². The zero-order valence-electron chi connectivity index (χ0n) is 11.8. The summed E-state index contributed by atoms with van der Waals surface area (Å²) >= 11 is 5.97. The number of esters is 1. The van der Waals surface area contributed by atoms with Gasteiger partial charge < -0.3 is 9.16 Å². The van der Waals surface area contributed by atoms with E-state index in [1.54, 1.807) is 6.08 Å². The topological polar surface area (TPSA) is 35.5 Å². The van der Waals surface area contributed by atoms with Crippen molar-refractivity contribution >= 4 is 25.9 Å². The van der Waals surface area contributed by atoms with Crippen LogP contribution < -0.4 is 0 Å². The van der Waals surface area contributed by atoms with Crippen LogP contribution in [0.2, 0.25) is 18.1 Å². The van der Waals surface area contributed by atoms with Gasteiger partial charge in [0.25, 0.3) is 0 Å². The van der Waals surface area contributed by atoms with Crippen molar-refractivity contribution in [1.29, 1.82) is 0 Å². The van der Waals surface area contributed by atoms with E-state index in [0.29, 0.717) is 6.61 Å². The van der Waals surface area contributed by atoms with Gasteiger partial charge >= 0.3 is 5.97 Å². The molecule has 1 aliphatic rings. The number of cyclic esters (lactones) is 1. The molecule has 0 unspecified atom stereocenters. The lowest BCUT2D eigenvalue weighted by atomic mass is 10.0. The highest BCUT2D eigenvalue weighted by Gasteiger charge is 2.44. The van der Waals surface area contributed by atoms with Gasteiger partial charge in [-0.1, -0.05) is 26.8 Å². The first-order chi connectivity index (χ1) is 8.10. The van der Waals surface area contributed by atoms with E-state index in [9.17, 15) is 4.79 Å². The van der Waals surface area contributed by atoms with Crippen LogP contribution in [-0.4, -0.2) is 32.4 Å². The lowest BCUT2D eigenvalue weighted by molar-refractivity contribution is -0.142. The van der Waals surface area contributed by atoms with E-state index in [-0.39, 0.29) is 23.0 Å². The van der Waals surface area contributed by atoms with Crippen LogP contribution in [0.1, 0.15) is 20.8 Å². The molecule has 1 heterocycles. The first kappa shape index (κ1) is 15.7. The normalized spacial score (nSPS) is 29.2. The van der Waals surface area contributed by atoms with Crippen LogP contribution >= 0.6 is 11.6 Å². The molecule has 0 radical (unpaired) electrons.